The van der Waals surface area contributed by atoms with E-state index in [9.17, 15) is 4.79 Å². The Hall–Kier alpha value is -0.620. The molecule has 1 atom stereocenters. The Morgan fingerprint density at radius 3 is 2.67 bits per heavy atom. The third kappa shape index (κ3) is 3.92. The molecule has 9 heavy (non-hydrogen) atoms. The van der Waals surface area contributed by atoms with E-state index in [1.807, 2.05) is 9.47 Å². The van der Waals surface area contributed by atoms with Gasteiger partial charge >= 0.3 is 5.97 Å². The van der Waals surface area contributed by atoms with E-state index in [1.165, 1.54) is 6.08 Å². The highest BCUT2D eigenvalue weighted by atomic mass is 31.0. The predicted octanol–water partition coefficient (Wildman–Crippen LogP) is 1.45. The molecule has 3 heteroatoms. The van der Waals surface area contributed by atoms with Gasteiger partial charge in [-0.15, -0.1) is 0 Å². The number of hydrogen-bond donors (Lipinski definition) is 0. The molecule has 0 aromatic heterocycles. The summed E-state index contributed by atoms with van der Waals surface area (Å²) in [5.41, 5.74) is 0.794. The van der Waals surface area contributed by atoms with E-state index in [0.29, 0.717) is 0 Å². The average molecular weight is 144 g/mol. The summed E-state index contributed by atoms with van der Waals surface area (Å²) in [4.78, 5) is 10.4. The first-order chi connectivity index (χ1) is 4.20. The summed E-state index contributed by atoms with van der Waals surface area (Å²) >= 11 is 0. The van der Waals surface area contributed by atoms with Crippen molar-refractivity contribution in [2.45, 2.75) is 6.92 Å². The molecule has 0 rings (SSSR count). The molecule has 2 nitrogen and oxygen atoms in total. The number of carbonyl (C=O) groups excluding carboxylic acids is 1. The van der Waals surface area contributed by atoms with Gasteiger partial charge in [-0.05, 0) is 12.5 Å². The lowest BCUT2D eigenvalue weighted by molar-refractivity contribution is -0.127. The predicted molar refractivity (Wildman–Crippen MR) is 39.8 cm³/mol. The molecule has 0 aliphatic rings. The van der Waals surface area contributed by atoms with E-state index in [1.54, 1.807) is 13.0 Å². The first-order valence-corrected chi connectivity index (χ1v) is 2.89. The zero-order chi connectivity index (χ0) is 7.28. The smallest absolute Gasteiger partial charge is 0.333 e. The Labute approximate surface area is 56.9 Å². The van der Waals surface area contributed by atoms with Crippen LogP contribution in [0.2, 0.25) is 0 Å². The molecule has 0 fully saturated rings. The Kier molecular flexibility index (Phi) is 3.98. The molecule has 0 aromatic rings. The average Bonchev–Trinajstić information content (AvgIpc) is 1.87. The highest BCUT2D eigenvalue weighted by molar-refractivity contribution is 7.10. The van der Waals surface area contributed by atoms with Gasteiger partial charge in [0.05, 0.1) is 9.47 Å². The van der Waals surface area contributed by atoms with Crippen molar-refractivity contribution in [1.82, 2.24) is 0 Å². The van der Waals surface area contributed by atoms with Crippen LogP contribution in [0.15, 0.2) is 24.3 Å². The minimum absolute atomic E-state index is 0.377. The largest absolute Gasteiger partial charge is 0.448 e. The first kappa shape index (κ1) is 8.38. The van der Waals surface area contributed by atoms with E-state index < -0.39 is 0 Å². The number of allylic oxidation sites excluding steroid dienone is 2. The van der Waals surface area contributed by atoms with Gasteiger partial charge in [-0.3, -0.25) is 0 Å². The molecule has 0 aliphatic heterocycles. The molecule has 0 saturated carbocycles. The summed E-state index contributed by atoms with van der Waals surface area (Å²) in [5, 5.41) is 0. The fourth-order valence-corrected chi connectivity index (χ4v) is 0.347. The van der Waals surface area contributed by atoms with Gasteiger partial charge in [0.15, 0.2) is 0 Å². The SMILES string of the molecule is C=C/C(C)=C/C(=O)OP. The topological polar surface area (TPSA) is 26.3 Å². The summed E-state index contributed by atoms with van der Waals surface area (Å²) in [6.07, 6.45) is 2.95. The Morgan fingerprint density at radius 1 is 1.78 bits per heavy atom. The maximum atomic E-state index is 10.4. The van der Waals surface area contributed by atoms with Crippen molar-refractivity contribution < 1.29 is 9.32 Å². The summed E-state index contributed by atoms with van der Waals surface area (Å²) in [6.45, 7) is 5.24. The second-order valence-electron chi connectivity index (χ2n) is 1.53. The maximum absolute atomic E-state index is 10.4. The van der Waals surface area contributed by atoms with Crippen molar-refractivity contribution in [1.29, 1.82) is 0 Å². The van der Waals surface area contributed by atoms with Gasteiger partial charge in [-0.25, -0.2) is 4.79 Å². The minimum atomic E-state index is -0.377. The zero-order valence-corrected chi connectivity index (χ0v) is 6.41. The molecular weight excluding hydrogens is 135 g/mol. The van der Waals surface area contributed by atoms with Gasteiger partial charge in [0, 0.05) is 6.08 Å². The van der Waals surface area contributed by atoms with Crippen molar-refractivity contribution in [3.8, 4) is 0 Å². The number of carbonyl (C=O) groups is 1. The summed E-state index contributed by atoms with van der Waals surface area (Å²) in [6, 6.07) is 0. The van der Waals surface area contributed by atoms with Gasteiger partial charge in [-0.1, -0.05) is 12.7 Å². The molecule has 0 aromatic carbocycles. The molecule has 0 amide bonds. The van der Waals surface area contributed by atoms with Gasteiger partial charge in [0.25, 0.3) is 0 Å². The lowest BCUT2D eigenvalue weighted by Crippen LogP contribution is -1.89. The van der Waals surface area contributed by atoms with Crippen LogP contribution in [-0.4, -0.2) is 5.97 Å². The van der Waals surface area contributed by atoms with Gasteiger partial charge in [0.1, 0.15) is 0 Å². The van der Waals surface area contributed by atoms with Crippen LogP contribution in [0.5, 0.6) is 0 Å². The van der Waals surface area contributed by atoms with Crippen molar-refractivity contribution in [3.63, 3.8) is 0 Å². The van der Waals surface area contributed by atoms with Crippen LogP contribution in [0.25, 0.3) is 0 Å². The van der Waals surface area contributed by atoms with E-state index >= 15 is 0 Å². The fraction of sp³-hybridized carbons (Fsp3) is 0.167. The second kappa shape index (κ2) is 4.28. The van der Waals surface area contributed by atoms with E-state index in [4.69, 9.17) is 0 Å². The van der Waals surface area contributed by atoms with E-state index in [-0.39, 0.29) is 5.97 Å². The van der Waals surface area contributed by atoms with Gasteiger partial charge in [0.2, 0.25) is 0 Å². The van der Waals surface area contributed by atoms with E-state index in [0.717, 1.165) is 5.57 Å². The summed E-state index contributed by atoms with van der Waals surface area (Å²) < 4.78 is 4.28. The third-order valence-electron chi connectivity index (χ3n) is 0.784. The van der Waals surface area contributed by atoms with Crippen molar-refractivity contribution in [2.75, 3.05) is 0 Å². The van der Waals surface area contributed by atoms with Crippen LogP contribution in [0.1, 0.15) is 6.92 Å². The molecule has 0 N–H and O–H groups in total. The van der Waals surface area contributed by atoms with Gasteiger partial charge in [-0.2, -0.15) is 0 Å². The van der Waals surface area contributed by atoms with Crippen LogP contribution < -0.4 is 0 Å². The minimum Gasteiger partial charge on any atom is -0.448 e. The van der Waals surface area contributed by atoms with Crippen LogP contribution >= 0.6 is 9.47 Å². The Bertz CT molecular complexity index is 149. The number of hydrogen-bond acceptors (Lipinski definition) is 2. The Morgan fingerprint density at radius 2 is 2.33 bits per heavy atom. The quantitative estimate of drug-likeness (QED) is 0.333. The molecule has 0 radical (unpaired) electrons. The fourth-order valence-electron chi connectivity index (χ4n) is 0.279. The zero-order valence-electron chi connectivity index (χ0n) is 5.26. The van der Waals surface area contributed by atoms with Crippen LogP contribution in [0.3, 0.4) is 0 Å². The molecule has 0 aliphatic carbocycles. The second-order valence-corrected chi connectivity index (χ2v) is 1.77. The summed E-state index contributed by atoms with van der Waals surface area (Å²) in [5.74, 6) is -0.377. The third-order valence-corrected chi connectivity index (χ3v) is 1.02. The van der Waals surface area contributed by atoms with Crippen molar-refractivity contribution in [3.05, 3.63) is 24.3 Å². The highest BCUT2D eigenvalue weighted by Crippen LogP contribution is 1.95. The molecule has 0 saturated heterocycles. The molecule has 50 valence electrons. The monoisotopic (exact) mass is 144 g/mol. The van der Waals surface area contributed by atoms with Gasteiger partial charge < -0.3 is 4.52 Å². The van der Waals surface area contributed by atoms with Crippen LogP contribution in [-0.2, 0) is 9.32 Å². The van der Waals surface area contributed by atoms with Crippen molar-refractivity contribution >= 4 is 15.4 Å². The number of rotatable bonds is 2. The molecule has 0 spiro atoms. The molecule has 0 heterocycles. The van der Waals surface area contributed by atoms with E-state index in [2.05, 4.69) is 11.1 Å². The lowest BCUT2D eigenvalue weighted by Gasteiger charge is -1.89. The molecular formula is C6H9O2P. The maximum Gasteiger partial charge on any atom is 0.333 e. The lowest BCUT2D eigenvalue weighted by atomic mass is 10.3. The van der Waals surface area contributed by atoms with Crippen LogP contribution in [0, 0.1) is 0 Å². The van der Waals surface area contributed by atoms with Crippen molar-refractivity contribution in [2.24, 2.45) is 0 Å². The Balaban J connectivity index is 3.94. The molecule has 0 bridgehead atoms. The first-order valence-electron chi connectivity index (χ1n) is 2.42. The van der Waals surface area contributed by atoms with Crippen LogP contribution in [0.4, 0.5) is 0 Å². The standard InChI is InChI=1S/C6H9O2P/c1-3-5(2)4-6(7)8-9/h3-4H,1,9H2,2H3/b5-4+. The summed E-state index contributed by atoms with van der Waals surface area (Å²) in [7, 11) is 1.88. The highest BCUT2D eigenvalue weighted by Gasteiger charge is 1.90. The molecule has 1 unspecified atom stereocenters. The normalized spacial score (nSPS) is 10.7.